The smallest absolute Gasteiger partial charge is 0.319 e. The number of benzene rings is 1. The molecule has 3 rings (SSSR count). The van der Waals surface area contributed by atoms with Gasteiger partial charge in [0.25, 0.3) is 0 Å². The summed E-state index contributed by atoms with van der Waals surface area (Å²) in [6.45, 7) is 0. The van der Waals surface area contributed by atoms with Gasteiger partial charge in [0.15, 0.2) is 0 Å². The van der Waals surface area contributed by atoms with Crippen LogP contribution in [-0.4, -0.2) is 24.1 Å². The van der Waals surface area contributed by atoms with E-state index >= 15 is 0 Å². The summed E-state index contributed by atoms with van der Waals surface area (Å²) in [5.41, 5.74) is 1.05. The first kappa shape index (κ1) is 14.9. The van der Waals surface area contributed by atoms with E-state index in [9.17, 15) is 14.7 Å². The molecule has 0 saturated heterocycles. The summed E-state index contributed by atoms with van der Waals surface area (Å²) in [7, 11) is 1.64. The molecular weight excluding hydrogens is 282 g/mol. The van der Waals surface area contributed by atoms with Crippen LogP contribution in [0.3, 0.4) is 0 Å². The number of carboxylic acid groups (broad SMARTS) is 1. The number of aryl methyl sites for hydroxylation is 1. The highest BCUT2D eigenvalue weighted by molar-refractivity contribution is 6.03. The van der Waals surface area contributed by atoms with E-state index in [1.54, 1.807) is 7.11 Å². The first-order valence-electron chi connectivity index (χ1n) is 7.78. The Morgan fingerprint density at radius 2 is 2.09 bits per heavy atom. The van der Waals surface area contributed by atoms with E-state index in [1.807, 2.05) is 18.2 Å². The maximum absolute atomic E-state index is 12.5. The third-order valence-electron chi connectivity index (χ3n) is 5.02. The minimum absolute atomic E-state index is 0.0982. The molecular formula is C17H21NO4. The van der Waals surface area contributed by atoms with Crippen LogP contribution in [0.25, 0.3) is 0 Å². The Labute approximate surface area is 129 Å². The van der Waals surface area contributed by atoms with Crippen molar-refractivity contribution in [3.8, 4) is 5.75 Å². The van der Waals surface area contributed by atoms with E-state index in [0.29, 0.717) is 12.8 Å². The highest BCUT2D eigenvalue weighted by atomic mass is 16.5. The van der Waals surface area contributed by atoms with Crippen molar-refractivity contribution in [3.05, 3.63) is 29.3 Å². The third kappa shape index (κ3) is 2.34. The standard InChI is InChI=1S/C17H21NO4/c1-22-12-6-7-13-11(10-12)4-2-5-14(13)18-15(19)17(16(20)21)8-3-9-17/h6-7,10,14H,2-5,8-9H2,1H3,(H,18,19)(H,20,21). The second kappa shape index (κ2) is 5.63. The van der Waals surface area contributed by atoms with E-state index < -0.39 is 11.4 Å². The molecule has 5 nitrogen and oxygen atoms in total. The highest BCUT2D eigenvalue weighted by Gasteiger charge is 2.51. The van der Waals surface area contributed by atoms with Crippen LogP contribution in [0.5, 0.6) is 5.75 Å². The normalized spacial score (nSPS) is 22.1. The van der Waals surface area contributed by atoms with Crippen molar-refractivity contribution >= 4 is 11.9 Å². The number of hydrogen-bond acceptors (Lipinski definition) is 3. The number of fused-ring (bicyclic) bond motifs is 1. The van der Waals surface area contributed by atoms with Crippen LogP contribution in [0.2, 0.25) is 0 Å². The van der Waals surface area contributed by atoms with Gasteiger partial charge in [-0.3, -0.25) is 9.59 Å². The number of hydrogen-bond donors (Lipinski definition) is 2. The van der Waals surface area contributed by atoms with Gasteiger partial charge in [-0.2, -0.15) is 0 Å². The number of methoxy groups -OCH3 is 1. The summed E-state index contributed by atoms with van der Waals surface area (Å²) in [5, 5.41) is 12.3. The lowest BCUT2D eigenvalue weighted by Crippen LogP contribution is -2.52. The summed E-state index contributed by atoms with van der Waals surface area (Å²) in [4.78, 5) is 23.9. The van der Waals surface area contributed by atoms with Crippen molar-refractivity contribution in [2.45, 2.75) is 44.6 Å². The lowest BCUT2D eigenvalue weighted by atomic mass is 9.68. The average Bonchev–Trinajstić information content (AvgIpc) is 2.45. The van der Waals surface area contributed by atoms with Gasteiger partial charge in [-0.25, -0.2) is 0 Å². The molecule has 2 N–H and O–H groups in total. The SMILES string of the molecule is COc1ccc2c(c1)CCCC2NC(=O)C1(C(=O)O)CCC1. The summed E-state index contributed by atoms with van der Waals surface area (Å²) in [6.07, 6.45) is 4.47. The Kier molecular flexibility index (Phi) is 3.81. The van der Waals surface area contributed by atoms with Gasteiger partial charge in [0.1, 0.15) is 11.2 Å². The van der Waals surface area contributed by atoms with Crippen molar-refractivity contribution in [1.82, 2.24) is 5.32 Å². The van der Waals surface area contributed by atoms with Gasteiger partial charge in [-0.1, -0.05) is 12.5 Å². The molecule has 118 valence electrons. The van der Waals surface area contributed by atoms with Gasteiger partial charge < -0.3 is 15.2 Å². The lowest BCUT2D eigenvalue weighted by Gasteiger charge is -2.38. The summed E-state index contributed by atoms with van der Waals surface area (Å²) in [6, 6.07) is 5.77. The molecule has 22 heavy (non-hydrogen) atoms. The molecule has 0 radical (unpaired) electrons. The first-order chi connectivity index (χ1) is 10.6. The molecule has 0 spiro atoms. The van der Waals surface area contributed by atoms with Crippen molar-refractivity contribution in [2.24, 2.45) is 5.41 Å². The molecule has 1 aromatic rings. The molecule has 1 amide bonds. The lowest BCUT2D eigenvalue weighted by molar-refractivity contribution is -0.162. The largest absolute Gasteiger partial charge is 0.497 e. The molecule has 2 aliphatic rings. The minimum Gasteiger partial charge on any atom is -0.497 e. The molecule has 0 aromatic heterocycles. The predicted octanol–water partition coefficient (Wildman–Crippen LogP) is 2.44. The second-order valence-corrected chi connectivity index (χ2v) is 6.22. The topological polar surface area (TPSA) is 75.6 Å². The Morgan fingerprint density at radius 1 is 1.32 bits per heavy atom. The monoisotopic (exact) mass is 303 g/mol. The number of carboxylic acids is 1. The molecule has 2 aliphatic carbocycles. The number of aliphatic carboxylic acids is 1. The number of carbonyl (C=O) groups excluding carboxylic acids is 1. The zero-order valence-corrected chi connectivity index (χ0v) is 12.7. The fourth-order valence-corrected chi connectivity index (χ4v) is 3.43. The van der Waals surface area contributed by atoms with Crippen molar-refractivity contribution in [2.75, 3.05) is 7.11 Å². The van der Waals surface area contributed by atoms with Crippen molar-refractivity contribution < 1.29 is 19.4 Å². The molecule has 1 unspecified atom stereocenters. The molecule has 0 heterocycles. The van der Waals surface area contributed by atoms with Gasteiger partial charge in [-0.15, -0.1) is 0 Å². The zero-order chi connectivity index (χ0) is 15.7. The van der Waals surface area contributed by atoms with E-state index in [4.69, 9.17) is 4.74 Å². The Morgan fingerprint density at radius 3 is 2.68 bits per heavy atom. The van der Waals surface area contributed by atoms with Gasteiger partial charge in [0, 0.05) is 0 Å². The first-order valence-corrected chi connectivity index (χ1v) is 7.78. The zero-order valence-electron chi connectivity index (χ0n) is 12.7. The summed E-state index contributed by atoms with van der Waals surface area (Å²) in [5.74, 6) is -0.520. The Hall–Kier alpha value is -2.04. The molecule has 0 aliphatic heterocycles. The van der Waals surface area contributed by atoms with Crippen LogP contribution in [0.15, 0.2) is 18.2 Å². The van der Waals surface area contributed by atoms with E-state index in [0.717, 1.165) is 37.0 Å². The van der Waals surface area contributed by atoms with Crippen molar-refractivity contribution in [1.29, 1.82) is 0 Å². The van der Waals surface area contributed by atoms with Gasteiger partial charge in [0.05, 0.1) is 13.2 Å². The van der Waals surface area contributed by atoms with Gasteiger partial charge in [0.2, 0.25) is 5.91 Å². The van der Waals surface area contributed by atoms with E-state index in [-0.39, 0.29) is 11.9 Å². The Bertz CT molecular complexity index is 607. The van der Waals surface area contributed by atoms with Crippen LogP contribution in [-0.2, 0) is 16.0 Å². The minimum atomic E-state index is -1.20. The maximum Gasteiger partial charge on any atom is 0.319 e. The van der Waals surface area contributed by atoms with Crippen molar-refractivity contribution in [3.63, 3.8) is 0 Å². The average molecular weight is 303 g/mol. The van der Waals surface area contributed by atoms with Crippen LogP contribution >= 0.6 is 0 Å². The third-order valence-corrected chi connectivity index (χ3v) is 5.02. The fraction of sp³-hybridized carbons (Fsp3) is 0.529. The molecule has 1 atom stereocenters. The molecule has 1 saturated carbocycles. The van der Waals surface area contributed by atoms with Gasteiger partial charge >= 0.3 is 5.97 Å². The molecule has 5 heteroatoms. The molecule has 1 aromatic carbocycles. The second-order valence-electron chi connectivity index (χ2n) is 6.22. The number of ether oxygens (including phenoxy) is 1. The highest BCUT2D eigenvalue weighted by Crippen LogP contribution is 2.42. The van der Waals surface area contributed by atoms with E-state index in [2.05, 4.69) is 5.32 Å². The van der Waals surface area contributed by atoms with Crippen LogP contribution < -0.4 is 10.1 Å². The summed E-state index contributed by atoms with van der Waals surface area (Å²) >= 11 is 0. The predicted molar refractivity (Wildman–Crippen MR) is 80.7 cm³/mol. The quantitative estimate of drug-likeness (QED) is 0.838. The number of nitrogens with one attached hydrogen (secondary N) is 1. The summed E-state index contributed by atoms with van der Waals surface area (Å²) < 4.78 is 5.24. The number of amides is 1. The fourth-order valence-electron chi connectivity index (χ4n) is 3.43. The van der Waals surface area contributed by atoms with E-state index in [1.165, 1.54) is 5.56 Å². The number of carbonyl (C=O) groups is 2. The molecule has 1 fully saturated rings. The van der Waals surface area contributed by atoms with Crippen LogP contribution in [0, 0.1) is 5.41 Å². The van der Waals surface area contributed by atoms with Crippen LogP contribution in [0.4, 0.5) is 0 Å². The number of rotatable bonds is 4. The van der Waals surface area contributed by atoms with Crippen LogP contribution in [0.1, 0.15) is 49.3 Å². The molecule has 0 bridgehead atoms. The maximum atomic E-state index is 12.5. The van der Waals surface area contributed by atoms with Gasteiger partial charge in [-0.05, 0) is 55.4 Å². The Balaban J connectivity index is 1.80.